The normalized spacial score (nSPS) is 13.2. The molecule has 0 amide bonds. The average Bonchev–Trinajstić information content (AvgIpc) is 2.59. The molecule has 0 aliphatic rings. The first-order chi connectivity index (χ1) is 13.0. The van der Waals surface area contributed by atoms with Crippen LogP contribution in [0, 0.1) is 5.82 Å². The summed E-state index contributed by atoms with van der Waals surface area (Å²) < 4.78 is 68.4. The molecule has 0 radical (unpaired) electrons. The second-order valence-electron chi connectivity index (χ2n) is 7.01. The zero-order valence-electron chi connectivity index (χ0n) is 15.9. The number of hydrogen-bond acceptors (Lipinski definition) is 4. The third-order valence-electron chi connectivity index (χ3n) is 3.99. The molecule has 0 aliphatic heterocycles. The van der Waals surface area contributed by atoms with Crippen molar-refractivity contribution in [1.29, 1.82) is 0 Å². The molecule has 0 saturated heterocycles. The van der Waals surface area contributed by atoms with Crippen LogP contribution in [0.15, 0.2) is 42.5 Å². The van der Waals surface area contributed by atoms with Crippen LogP contribution in [0.25, 0.3) is 21.7 Å². The molecule has 8 heteroatoms. The molecule has 0 saturated carbocycles. The first-order valence-electron chi connectivity index (χ1n) is 8.88. The Kier molecular flexibility index (Phi) is 5.54. The highest BCUT2D eigenvalue weighted by Crippen LogP contribution is 2.68. The molecule has 0 fully saturated rings. The summed E-state index contributed by atoms with van der Waals surface area (Å²) in [5, 5.41) is 0.826. The standard InChI is InChI=1S/C20H21F3NO3P/c1-12(2)26-28(25,27-13(3)4)20(22,23)19-16-8-6-5-7-15(16)17-11-14(21)9-10-18(17)24-19/h5-13H,1-4H3. The molecule has 0 N–H and O–H groups in total. The quantitative estimate of drug-likeness (QED) is 0.338. The van der Waals surface area contributed by atoms with Gasteiger partial charge in [0.15, 0.2) is 0 Å². The van der Waals surface area contributed by atoms with Gasteiger partial charge < -0.3 is 9.05 Å². The fourth-order valence-corrected chi connectivity index (χ4v) is 4.85. The van der Waals surface area contributed by atoms with Gasteiger partial charge in [-0.15, -0.1) is 0 Å². The predicted octanol–water partition coefficient (Wildman–Crippen LogP) is 6.62. The van der Waals surface area contributed by atoms with Crippen molar-refractivity contribution in [3.63, 3.8) is 0 Å². The van der Waals surface area contributed by atoms with E-state index in [4.69, 9.17) is 9.05 Å². The SMILES string of the molecule is CC(C)OP(=O)(OC(C)C)C(F)(F)c1nc2ccc(F)cc2c2ccccc12. The number of benzene rings is 2. The molecule has 4 nitrogen and oxygen atoms in total. The molecular formula is C20H21F3NO3P. The lowest BCUT2D eigenvalue weighted by molar-refractivity contribution is 0.0154. The molecule has 150 valence electrons. The molecule has 0 aliphatic carbocycles. The number of fused-ring (bicyclic) bond motifs is 3. The van der Waals surface area contributed by atoms with Crippen LogP contribution in [-0.4, -0.2) is 17.2 Å². The summed E-state index contributed by atoms with van der Waals surface area (Å²) in [6, 6.07) is 9.94. The summed E-state index contributed by atoms with van der Waals surface area (Å²) in [6.45, 7) is 6.00. The molecule has 0 spiro atoms. The van der Waals surface area contributed by atoms with Gasteiger partial charge in [0.05, 0.1) is 17.7 Å². The van der Waals surface area contributed by atoms with Gasteiger partial charge in [0.2, 0.25) is 0 Å². The maximum absolute atomic E-state index is 15.6. The zero-order chi connectivity index (χ0) is 20.7. The minimum Gasteiger partial charge on any atom is -0.301 e. The van der Waals surface area contributed by atoms with Crippen LogP contribution < -0.4 is 0 Å². The number of pyridine rings is 1. The van der Waals surface area contributed by atoms with E-state index in [9.17, 15) is 8.96 Å². The fraction of sp³-hybridized carbons (Fsp3) is 0.350. The molecular weight excluding hydrogens is 390 g/mol. The first kappa shape index (κ1) is 20.8. The van der Waals surface area contributed by atoms with E-state index in [1.54, 1.807) is 18.2 Å². The van der Waals surface area contributed by atoms with Crippen molar-refractivity contribution < 1.29 is 26.8 Å². The number of halogens is 3. The minimum atomic E-state index is -4.92. The molecule has 0 unspecified atom stereocenters. The van der Waals surface area contributed by atoms with Crippen LogP contribution in [0.2, 0.25) is 0 Å². The van der Waals surface area contributed by atoms with E-state index in [0.29, 0.717) is 10.8 Å². The molecule has 2 aromatic carbocycles. The van der Waals surface area contributed by atoms with Crippen molar-refractivity contribution in [3.05, 3.63) is 54.0 Å². The Morgan fingerprint density at radius 1 is 0.929 bits per heavy atom. The van der Waals surface area contributed by atoms with Crippen LogP contribution >= 0.6 is 7.60 Å². The van der Waals surface area contributed by atoms with Crippen molar-refractivity contribution in [2.24, 2.45) is 0 Å². The Hall–Kier alpha value is -1.95. The van der Waals surface area contributed by atoms with Gasteiger partial charge in [-0.25, -0.2) is 9.37 Å². The fourth-order valence-electron chi connectivity index (χ4n) is 3.00. The van der Waals surface area contributed by atoms with Gasteiger partial charge >= 0.3 is 13.3 Å². The number of aromatic nitrogens is 1. The van der Waals surface area contributed by atoms with E-state index in [-0.39, 0.29) is 10.9 Å². The van der Waals surface area contributed by atoms with E-state index in [2.05, 4.69) is 4.98 Å². The molecule has 28 heavy (non-hydrogen) atoms. The van der Waals surface area contributed by atoms with Crippen LogP contribution in [0.5, 0.6) is 0 Å². The van der Waals surface area contributed by atoms with Crippen LogP contribution in [0.1, 0.15) is 33.4 Å². The second-order valence-corrected chi connectivity index (χ2v) is 8.99. The van der Waals surface area contributed by atoms with Crippen molar-refractivity contribution in [2.45, 2.75) is 45.6 Å². The molecule has 3 rings (SSSR count). The van der Waals surface area contributed by atoms with Crippen LogP contribution in [-0.2, 0) is 19.3 Å². The first-order valence-corrected chi connectivity index (χ1v) is 10.4. The van der Waals surface area contributed by atoms with E-state index < -0.39 is 37.0 Å². The molecule has 1 aromatic heterocycles. The highest BCUT2D eigenvalue weighted by molar-refractivity contribution is 7.54. The zero-order valence-corrected chi connectivity index (χ0v) is 16.8. The van der Waals surface area contributed by atoms with Crippen molar-refractivity contribution in [3.8, 4) is 0 Å². The van der Waals surface area contributed by atoms with Gasteiger partial charge in [0.1, 0.15) is 11.5 Å². The Balaban J connectivity index is 2.33. The Labute approximate surface area is 161 Å². The number of nitrogens with zero attached hydrogens (tertiary/aromatic N) is 1. The summed E-state index contributed by atoms with van der Waals surface area (Å²) in [7, 11) is -4.92. The Morgan fingerprint density at radius 3 is 2.07 bits per heavy atom. The lowest BCUT2D eigenvalue weighted by Gasteiger charge is -2.29. The predicted molar refractivity (Wildman–Crippen MR) is 103 cm³/mol. The molecule has 0 bridgehead atoms. The topological polar surface area (TPSA) is 48.4 Å². The van der Waals surface area contributed by atoms with Crippen molar-refractivity contribution in [1.82, 2.24) is 4.98 Å². The monoisotopic (exact) mass is 411 g/mol. The van der Waals surface area contributed by atoms with Gasteiger partial charge in [-0.05, 0) is 51.3 Å². The van der Waals surface area contributed by atoms with Crippen LogP contribution in [0.3, 0.4) is 0 Å². The number of alkyl halides is 2. The van der Waals surface area contributed by atoms with Gasteiger partial charge in [-0.1, -0.05) is 24.3 Å². The van der Waals surface area contributed by atoms with Gasteiger partial charge in [-0.2, -0.15) is 8.78 Å². The van der Waals surface area contributed by atoms with Gasteiger partial charge in [-0.3, -0.25) is 4.57 Å². The largest absolute Gasteiger partial charge is 0.406 e. The van der Waals surface area contributed by atoms with E-state index in [1.165, 1.54) is 45.9 Å². The summed E-state index contributed by atoms with van der Waals surface area (Å²) in [6.07, 6.45) is -1.51. The summed E-state index contributed by atoms with van der Waals surface area (Å²) in [5.41, 5.74) is -4.56. The Bertz CT molecular complexity index is 1060. The van der Waals surface area contributed by atoms with Gasteiger partial charge in [0, 0.05) is 10.8 Å². The third-order valence-corrected chi connectivity index (χ3v) is 6.29. The number of rotatable bonds is 6. The second kappa shape index (κ2) is 7.47. The Morgan fingerprint density at radius 2 is 1.50 bits per heavy atom. The van der Waals surface area contributed by atoms with E-state index in [1.807, 2.05) is 0 Å². The highest BCUT2D eigenvalue weighted by Gasteiger charge is 2.58. The summed E-state index contributed by atoms with van der Waals surface area (Å²) in [4.78, 5) is 4.05. The highest BCUT2D eigenvalue weighted by atomic mass is 31.2. The maximum Gasteiger partial charge on any atom is 0.406 e. The van der Waals surface area contributed by atoms with Crippen LogP contribution in [0.4, 0.5) is 13.2 Å². The minimum absolute atomic E-state index is 0.0607. The lowest BCUT2D eigenvalue weighted by Crippen LogP contribution is -2.23. The molecule has 3 aromatic rings. The lowest BCUT2D eigenvalue weighted by atomic mass is 10.0. The summed E-state index contributed by atoms with van der Waals surface area (Å²) in [5.74, 6) is -0.504. The van der Waals surface area contributed by atoms with Gasteiger partial charge in [0.25, 0.3) is 0 Å². The van der Waals surface area contributed by atoms with Crippen molar-refractivity contribution in [2.75, 3.05) is 0 Å². The average molecular weight is 411 g/mol. The van der Waals surface area contributed by atoms with Crippen molar-refractivity contribution >= 4 is 29.3 Å². The summed E-state index contributed by atoms with van der Waals surface area (Å²) >= 11 is 0. The number of hydrogen-bond donors (Lipinski definition) is 0. The molecule has 1 heterocycles. The third kappa shape index (κ3) is 3.66. The van der Waals surface area contributed by atoms with E-state index in [0.717, 1.165) is 6.07 Å². The molecule has 0 atom stereocenters. The van der Waals surface area contributed by atoms with E-state index >= 15 is 8.78 Å². The smallest absolute Gasteiger partial charge is 0.301 e. The maximum atomic E-state index is 15.6.